The normalized spacial score (nSPS) is 19.1. The Morgan fingerprint density at radius 2 is 1.89 bits per heavy atom. The molecular weight excluding hydrogens is 265 g/mol. The Morgan fingerprint density at radius 1 is 1.28 bits per heavy atom. The smallest absolute Gasteiger partial charge is 0.379 e. The average Bonchev–Trinajstić information content (AvgIpc) is 2.70. The summed E-state index contributed by atoms with van der Waals surface area (Å²) >= 11 is 0.946. The minimum atomic E-state index is -4.63. The molecule has 0 aromatic carbocycles. The van der Waals surface area contributed by atoms with Gasteiger partial charge in [-0.15, -0.1) is 0 Å². The minimum Gasteiger partial charge on any atom is -0.379 e. The number of aryl methyl sites for hydroxylation is 1. The molecule has 0 spiro atoms. The molecule has 2 rings (SSSR count). The Bertz CT molecular complexity index is 413. The fraction of sp³-hybridized carbons (Fsp3) is 0.727. The second-order valence-electron chi connectivity index (χ2n) is 4.44. The van der Waals surface area contributed by atoms with Gasteiger partial charge in [0.2, 0.25) is 0 Å². The molecule has 1 saturated heterocycles. The van der Waals surface area contributed by atoms with Gasteiger partial charge < -0.3 is 10.0 Å². The summed E-state index contributed by atoms with van der Waals surface area (Å²) in [6, 6.07) is 0. The maximum Gasteiger partial charge on any atom is 0.419 e. The first-order valence-electron chi connectivity index (χ1n) is 5.86. The van der Waals surface area contributed by atoms with Gasteiger partial charge in [-0.2, -0.15) is 13.2 Å². The first kappa shape index (κ1) is 13.6. The van der Waals surface area contributed by atoms with E-state index in [-0.39, 0.29) is 10.6 Å². The second kappa shape index (κ2) is 5.05. The molecule has 7 heteroatoms. The second-order valence-corrected chi connectivity index (χ2v) is 5.45. The molecule has 18 heavy (non-hydrogen) atoms. The van der Waals surface area contributed by atoms with Crippen LogP contribution in [0.5, 0.6) is 0 Å². The van der Waals surface area contributed by atoms with E-state index in [1.165, 1.54) is 6.92 Å². The highest BCUT2D eigenvalue weighted by atomic mass is 32.1. The maximum absolute atomic E-state index is 12.5. The zero-order valence-corrected chi connectivity index (χ0v) is 10.8. The van der Waals surface area contributed by atoms with E-state index in [1.54, 1.807) is 0 Å². The Hall–Kier alpha value is -0.820. The molecule has 1 aromatic heterocycles. The van der Waals surface area contributed by atoms with Crippen molar-refractivity contribution in [1.29, 1.82) is 0 Å². The van der Waals surface area contributed by atoms with Crippen LogP contribution in [0, 0.1) is 6.92 Å². The molecule has 1 aromatic rings. The van der Waals surface area contributed by atoms with Gasteiger partial charge in [0.1, 0.15) is 0 Å². The summed E-state index contributed by atoms with van der Waals surface area (Å²) in [5, 5.41) is 9.86. The van der Waals surface area contributed by atoms with Crippen LogP contribution < -0.4 is 4.90 Å². The Kier molecular flexibility index (Phi) is 3.82. The molecule has 1 N–H and O–H groups in total. The van der Waals surface area contributed by atoms with Crippen molar-refractivity contribution in [1.82, 2.24) is 4.98 Å². The van der Waals surface area contributed by atoms with Gasteiger partial charge in [-0.25, -0.2) is 4.98 Å². The number of thiazole rings is 1. The number of anilines is 1. The van der Waals surface area contributed by atoms with Crippen molar-refractivity contribution in [2.45, 2.75) is 38.5 Å². The minimum absolute atomic E-state index is 0.0944. The van der Waals surface area contributed by atoms with Crippen LogP contribution in [0.15, 0.2) is 0 Å². The van der Waals surface area contributed by atoms with Gasteiger partial charge in [0.25, 0.3) is 0 Å². The molecule has 3 nitrogen and oxygen atoms in total. The number of halogens is 3. The zero-order valence-electron chi connectivity index (χ0n) is 10.00. The number of rotatable bonds is 2. The summed E-state index contributed by atoms with van der Waals surface area (Å²) in [5.74, 6) is 0. The molecule has 0 radical (unpaired) electrons. The number of hydrogen-bond acceptors (Lipinski definition) is 4. The van der Waals surface area contributed by atoms with Gasteiger partial charge in [-0.1, -0.05) is 11.3 Å². The van der Waals surface area contributed by atoms with Crippen molar-refractivity contribution in [2.75, 3.05) is 18.0 Å². The lowest BCUT2D eigenvalue weighted by atomic mass is 10.1. The molecule has 0 amide bonds. The highest BCUT2D eigenvalue weighted by molar-refractivity contribution is 7.15. The summed E-state index contributed by atoms with van der Waals surface area (Å²) < 4.78 is 37.4. The van der Waals surface area contributed by atoms with Crippen molar-refractivity contribution >= 4 is 16.5 Å². The van der Waals surface area contributed by atoms with Gasteiger partial charge in [-0.3, -0.25) is 0 Å². The average molecular weight is 280 g/mol. The standard InChI is InChI=1S/C11H15F3N2OS/c1-7-8(9(17)11(12,13)14)18-10(15-7)16-5-3-2-4-6-16/h9,17H,2-6H2,1H3/t9-/m1/s1. The van der Waals surface area contributed by atoms with Crippen LogP contribution in [0.2, 0.25) is 0 Å². The van der Waals surface area contributed by atoms with E-state index in [4.69, 9.17) is 0 Å². The number of aromatic nitrogens is 1. The molecule has 2 heterocycles. The molecule has 0 saturated carbocycles. The summed E-state index contributed by atoms with van der Waals surface area (Å²) in [6.45, 7) is 3.16. The van der Waals surface area contributed by atoms with Crippen molar-refractivity contribution in [2.24, 2.45) is 0 Å². The highest BCUT2D eigenvalue weighted by Crippen LogP contribution is 2.39. The number of alkyl halides is 3. The Labute approximate surface area is 107 Å². The summed E-state index contributed by atoms with van der Waals surface area (Å²) in [5.41, 5.74) is 0.269. The van der Waals surface area contributed by atoms with E-state index in [2.05, 4.69) is 4.98 Å². The van der Waals surface area contributed by atoms with E-state index in [0.29, 0.717) is 5.13 Å². The molecule has 102 valence electrons. The highest BCUT2D eigenvalue weighted by Gasteiger charge is 2.41. The van der Waals surface area contributed by atoms with Crippen molar-refractivity contribution in [3.63, 3.8) is 0 Å². The predicted molar refractivity (Wildman–Crippen MR) is 63.9 cm³/mol. The number of piperidine rings is 1. The first-order chi connectivity index (χ1) is 8.39. The third-order valence-corrected chi connectivity index (χ3v) is 4.28. The van der Waals surface area contributed by atoms with Gasteiger partial charge in [0, 0.05) is 13.1 Å². The maximum atomic E-state index is 12.5. The van der Waals surface area contributed by atoms with Crippen LogP contribution in [0.1, 0.15) is 35.9 Å². The van der Waals surface area contributed by atoms with E-state index < -0.39 is 12.3 Å². The number of nitrogens with zero attached hydrogens (tertiary/aromatic N) is 2. The van der Waals surface area contributed by atoms with Crippen molar-refractivity contribution in [3.05, 3.63) is 10.6 Å². The molecule has 0 aliphatic carbocycles. The molecule has 1 aliphatic heterocycles. The fourth-order valence-corrected chi connectivity index (χ4v) is 3.15. The number of aliphatic hydroxyl groups excluding tert-OH is 1. The molecule has 0 unspecified atom stereocenters. The lowest BCUT2D eigenvalue weighted by molar-refractivity contribution is -0.205. The summed E-state index contributed by atoms with van der Waals surface area (Å²) in [4.78, 5) is 6.05. The topological polar surface area (TPSA) is 36.4 Å². The van der Waals surface area contributed by atoms with Crippen LogP contribution in [0.4, 0.5) is 18.3 Å². The van der Waals surface area contributed by atoms with Gasteiger partial charge >= 0.3 is 6.18 Å². The molecule has 1 atom stereocenters. The van der Waals surface area contributed by atoms with E-state index in [1.807, 2.05) is 4.90 Å². The predicted octanol–water partition coefficient (Wildman–Crippen LogP) is 3.04. The lowest BCUT2D eigenvalue weighted by Crippen LogP contribution is -2.29. The SMILES string of the molecule is Cc1nc(N2CCCCC2)sc1[C@@H](O)C(F)(F)F. The van der Waals surface area contributed by atoms with Gasteiger partial charge in [-0.05, 0) is 26.2 Å². The lowest BCUT2D eigenvalue weighted by Gasteiger charge is -2.25. The molecule has 1 fully saturated rings. The van der Waals surface area contributed by atoms with Crippen LogP contribution in [0.3, 0.4) is 0 Å². The Balaban J connectivity index is 2.21. The van der Waals surface area contributed by atoms with Gasteiger partial charge in [0.05, 0.1) is 10.6 Å². The fourth-order valence-electron chi connectivity index (χ4n) is 2.02. The third-order valence-electron chi connectivity index (χ3n) is 3.01. The quantitative estimate of drug-likeness (QED) is 0.904. The Morgan fingerprint density at radius 3 is 2.44 bits per heavy atom. The molecule has 1 aliphatic rings. The monoisotopic (exact) mass is 280 g/mol. The largest absolute Gasteiger partial charge is 0.419 e. The number of hydrogen-bond donors (Lipinski definition) is 1. The van der Waals surface area contributed by atoms with Crippen LogP contribution >= 0.6 is 11.3 Å². The van der Waals surface area contributed by atoms with Crippen molar-refractivity contribution in [3.8, 4) is 0 Å². The van der Waals surface area contributed by atoms with Crippen molar-refractivity contribution < 1.29 is 18.3 Å². The van der Waals surface area contributed by atoms with Gasteiger partial charge in [0.15, 0.2) is 11.2 Å². The zero-order chi connectivity index (χ0) is 13.3. The van der Waals surface area contributed by atoms with E-state index >= 15 is 0 Å². The summed E-state index contributed by atoms with van der Waals surface area (Å²) in [6.07, 6.45) is -3.82. The third kappa shape index (κ3) is 2.77. The van der Waals surface area contributed by atoms with Crippen LogP contribution in [-0.2, 0) is 0 Å². The van der Waals surface area contributed by atoms with Crippen LogP contribution in [0.25, 0.3) is 0 Å². The first-order valence-corrected chi connectivity index (χ1v) is 6.68. The van der Waals surface area contributed by atoms with Crippen LogP contribution in [-0.4, -0.2) is 29.4 Å². The molecular formula is C11H15F3N2OS. The van der Waals surface area contributed by atoms with E-state index in [0.717, 1.165) is 43.7 Å². The van der Waals surface area contributed by atoms with E-state index in [9.17, 15) is 18.3 Å². The summed E-state index contributed by atoms with van der Waals surface area (Å²) in [7, 11) is 0. The number of aliphatic hydroxyl groups is 1. The molecule has 0 bridgehead atoms.